The Morgan fingerprint density at radius 3 is 2.86 bits per heavy atom. The molecule has 1 atom stereocenters. The highest BCUT2D eigenvalue weighted by Crippen LogP contribution is 2.15. The first-order chi connectivity index (χ1) is 10.1. The first-order valence-electron chi connectivity index (χ1n) is 7.08. The summed E-state index contributed by atoms with van der Waals surface area (Å²) in [5.74, 6) is -1.20. The summed E-state index contributed by atoms with van der Waals surface area (Å²) in [6.45, 7) is 5.81. The Balaban J connectivity index is 0.00000176. The first-order valence-corrected chi connectivity index (χ1v) is 7.08. The molecule has 2 aromatic rings. The maximum atomic E-state index is 13.7. The minimum Gasteiger partial charge on any atom is -0.314 e. The van der Waals surface area contributed by atoms with E-state index in [9.17, 15) is 8.78 Å². The molecule has 0 radical (unpaired) electrons. The Kier molecular flexibility index (Phi) is 5.50. The molecule has 1 unspecified atom stereocenters. The number of hydrogen-bond donors (Lipinski definition) is 1. The van der Waals surface area contributed by atoms with Crippen LogP contribution in [0.15, 0.2) is 30.5 Å². The van der Waals surface area contributed by atoms with E-state index in [2.05, 4.69) is 22.2 Å². The number of halogens is 3. The van der Waals surface area contributed by atoms with Gasteiger partial charge in [0.2, 0.25) is 0 Å². The van der Waals surface area contributed by atoms with Crippen LogP contribution in [0.25, 0.3) is 5.69 Å². The fourth-order valence-electron chi connectivity index (χ4n) is 2.57. The van der Waals surface area contributed by atoms with Gasteiger partial charge in [-0.15, -0.1) is 12.4 Å². The molecule has 0 aliphatic carbocycles. The van der Waals surface area contributed by atoms with Crippen molar-refractivity contribution in [1.82, 2.24) is 20.0 Å². The minimum atomic E-state index is -0.611. The lowest BCUT2D eigenvalue weighted by Crippen LogP contribution is -2.49. The molecule has 3 rings (SSSR count). The molecule has 1 aliphatic rings. The summed E-state index contributed by atoms with van der Waals surface area (Å²) < 4.78 is 28.1. The van der Waals surface area contributed by atoms with E-state index in [1.165, 1.54) is 16.8 Å². The third-order valence-corrected chi connectivity index (χ3v) is 3.80. The van der Waals surface area contributed by atoms with E-state index in [0.717, 1.165) is 37.9 Å². The smallest absolute Gasteiger partial charge is 0.151 e. The van der Waals surface area contributed by atoms with Crippen LogP contribution in [0, 0.1) is 11.6 Å². The van der Waals surface area contributed by atoms with E-state index in [4.69, 9.17) is 0 Å². The van der Waals surface area contributed by atoms with Gasteiger partial charge in [-0.3, -0.25) is 4.90 Å². The highest BCUT2D eigenvalue weighted by Gasteiger charge is 2.19. The summed E-state index contributed by atoms with van der Waals surface area (Å²) in [4.78, 5) is 2.34. The average molecular weight is 329 g/mol. The van der Waals surface area contributed by atoms with Crippen molar-refractivity contribution >= 4 is 12.4 Å². The molecule has 22 heavy (non-hydrogen) atoms. The van der Waals surface area contributed by atoms with Crippen molar-refractivity contribution in [2.45, 2.75) is 19.5 Å². The third-order valence-electron chi connectivity index (χ3n) is 3.80. The summed E-state index contributed by atoms with van der Waals surface area (Å²) >= 11 is 0. The zero-order valence-electron chi connectivity index (χ0n) is 12.3. The number of nitrogens with one attached hydrogen (secondary N) is 1. The van der Waals surface area contributed by atoms with Crippen LogP contribution in [0.1, 0.15) is 12.6 Å². The molecule has 1 fully saturated rings. The SMILES string of the molecule is CC1CNCCN1Cc1ccn(-c2ccc(F)cc2F)n1.Cl. The van der Waals surface area contributed by atoms with Crippen LogP contribution in [-0.2, 0) is 6.54 Å². The van der Waals surface area contributed by atoms with E-state index in [1.54, 1.807) is 6.20 Å². The highest BCUT2D eigenvalue weighted by molar-refractivity contribution is 5.85. The number of aromatic nitrogens is 2. The summed E-state index contributed by atoms with van der Waals surface area (Å²) in [6, 6.07) is 5.83. The second kappa shape index (κ2) is 7.17. The lowest BCUT2D eigenvalue weighted by molar-refractivity contribution is 0.163. The maximum absolute atomic E-state index is 13.7. The lowest BCUT2D eigenvalue weighted by atomic mass is 10.2. The number of hydrogen-bond acceptors (Lipinski definition) is 3. The molecule has 2 heterocycles. The van der Waals surface area contributed by atoms with E-state index >= 15 is 0 Å². The second-order valence-corrected chi connectivity index (χ2v) is 5.37. The van der Waals surface area contributed by atoms with E-state index in [-0.39, 0.29) is 18.1 Å². The largest absolute Gasteiger partial charge is 0.314 e. The molecule has 1 aromatic heterocycles. The summed E-state index contributed by atoms with van der Waals surface area (Å²) in [7, 11) is 0. The topological polar surface area (TPSA) is 33.1 Å². The fraction of sp³-hybridized carbons (Fsp3) is 0.400. The van der Waals surface area contributed by atoms with Crippen LogP contribution in [0.5, 0.6) is 0 Å². The second-order valence-electron chi connectivity index (χ2n) is 5.37. The molecular weight excluding hydrogens is 310 g/mol. The zero-order chi connectivity index (χ0) is 14.8. The van der Waals surface area contributed by atoms with Crippen molar-refractivity contribution in [3.05, 3.63) is 47.8 Å². The van der Waals surface area contributed by atoms with Crippen LogP contribution in [0.3, 0.4) is 0 Å². The van der Waals surface area contributed by atoms with Crippen molar-refractivity contribution in [2.24, 2.45) is 0 Å². The normalized spacial score (nSPS) is 19.0. The van der Waals surface area contributed by atoms with E-state index in [0.29, 0.717) is 6.04 Å². The predicted molar refractivity (Wildman–Crippen MR) is 83.5 cm³/mol. The molecule has 1 N–H and O–H groups in total. The molecular formula is C15H19ClF2N4. The van der Waals surface area contributed by atoms with Gasteiger partial charge >= 0.3 is 0 Å². The third kappa shape index (κ3) is 3.63. The van der Waals surface area contributed by atoms with Gasteiger partial charge in [0.25, 0.3) is 0 Å². The number of benzene rings is 1. The Hall–Kier alpha value is -1.50. The van der Waals surface area contributed by atoms with Gasteiger partial charge in [-0.2, -0.15) is 5.10 Å². The first kappa shape index (κ1) is 16.9. The predicted octanol–water partition coefficient (Wildman–Crippen LogP) is 2.37. The van der Waals surface area contributed by atoms with Crippen LogP contribution in [0.2, 0.25) is 0 Å². The molecule has 0 amide bonds. The van der Waals surface area contributed by atoms with Crippen LogP contribution in [0.4, 0.5) is 8.78 Å². The molecule has 0 saturated carbocycles. The number of nitrogens with zero attached hydrogens (tertiary/aromatic N) is 3. The Morgan fingerprint density at radius 2 is 2.14 bits per heavy atom. The minimum absolute atomic E-state index is 0. The molecule has 1 aromatic carbocycles. The fourth-order valence-corrected chi connectivity index (χ4v) is 2.57. The van der Waals surface area contributed by atoms with Gasteiger partial charge in [0, 0.05) is 44.5 Å². The standard InChI is InChI=1S/C15H18F2N4.ClH/c1-11-9-18-5-7-20(11)10-13-4-6-21(19-13)15-3-2-12(16)8-14(15)17;/h2-4,6,8,11,18H,5,7,9-10H2,1H3;1H. The molecule has 1 aliphatic heterocycles. The molecule has 0 spiro atoms. The van der Waals surface area contributed by atoms with Gasteiger partial charge in [0.1, 0.15) is 11.5 Å². The molecule has 0 bridgehead atoms. The monoisotopic (exact) mass is 328 g/mol. The van der Waals surface area contributed by atoms with Gasteiger partial charge < -0.3 is 5.32 Å². The van der Waals surface area contributed by atoms with Gasteiger partial charge in [0.05, 0.1) is 5.69 Å². The molecule has 7 heteroatoms. The Morgan fingerprint density at radius 1 is 1.32 bits per heavy atom. The Bertz CT molecular complexity index is 632. The van der Waals surface area contributed by atoms with Crippen LogP contribution < -0.4 is 5.32 Å². The summed E-state index contributed by atoms with van der Waals surface area (Å²) in [5, 5.41) is 7.73. The van der Waals surface area contributed by atoms with Crippen molar-refractivity contribution in [1.29, 1.82) is 0 Å². The molecule has 4 nitrogen and oxygen atoms in total. The maximum Gasteiger partial charge on any atom is 0.151 e. The van der Waals surface area contributed by atoms with Crippen molar-refractivity contribution < 1.29 is 8.78 Å². The summed E-state index contributed by atoms with van der Waals surface area (Å²) in [5.41, 5.74) is 1.14. The van der Waals surface area contributed by atoms with Gasteiger partial charge in [-0.1, -0.05) is 0 Å². The highest BCUT2D eigenvalue weighted by atomic mass is 35.5. The average Bonchev–Trinajstić information content (AvgIpc) is 2.90. The lowest BCUT2D eigenvalue weighted by Gasteiger charge is -2.33. The van der Waals surface area contributed by atoms with E-state index in [1.807, 2.05) is 6.07 Å². The number of piperazine rings is 1. The number of rotatable bonds is 3. The quantitative estimate of drug-likeness (QED) is 0.939. The molecule has 120 valence electrons. The summed E-state index contributed by atoms with van der Waals surface area (Å²) in [6.07, 6.45) is 1.71. The van der Waals surface area contributed by atoms with Crippen molar-refractivity contribution in [3.8, 4) is 5.69 Å². The zero-order valence-corrected chi connectivity index (χ0v) is 13.1. The van der Waals surface area contributed by atoms with Gasteiger partial charge in [0.15, 0.2) is 5.82 Å². The van der Waals surface area contributed by atoms with Crippen molar-refractivity contribution in [3.63, 3.8) is 0 Å². The van der Waals surface area contributed by atoms with Gasteiger partial charge in [-0.05, 0) is 25.1 Å². The van der Waals surface area contributed by atoms with Crippen LogP contribution in [-0.4, -0.2) is 40.4 Å². The van der Waals surface area contributed by atoms with Crippen LogP contribution >= 0.6 is 12.4 Å². The van der Waals surface area contributed by atoms with Crippen molar-refractivity contribution in [2.75, 3.05) is 19.6 Å². The molecule has 1 saturated heterocycles. The van der Waals surface area contributed by atoms with E-state index < -0.39 is 11.6 Å². The van der Waals surface area contributed by atoms with Gasteiger partial charge in [-0.25, -0.2) is 13.5 Å². The Labute approximate surface area is 134 Å².